The predicted octanol–water partition coefficient (Wildman–Crippen LogP) is 11.7. The van der Waals surface area contributed by atoms with Gasteiger partial charge in [-0.25, -0.2) is 0 Å². The van der Waals surface area contributed by atoms with Gasteiger partial charge >= 0.3 is 11.9 Å². The van der Waals surface area contributed by atoms with Crippen LogP contribution >= 0.6 is 0 Å². The molecule has 5 heteroatoms. The van der Waals surface area contributed by atoms with Crippen molar-refractivity contribution in [2.45, 2.75) is 148 Å². The van der Waals surface area contributed by atoms with E-state index in [1.807, 2.05) is 12.2 Å². The van der Waals surface area contributed by atoms with Crippen molar-refractivity contribution >= 4 is 11.9 Å². The molecule has 0 aromatic heterocycles. The highest BCUT2D eigenvalue weighted by atomic mass is 16.6. The minimum absolute atomic E-state index is 0.155. The molecule has 0 saturated carbocycles. The summed E-state index contributed by atoms with van der Waals surface area (Å²) in [6.07, 6.45) is 53.2. The lowest BCUT2D eigenvalue weighted by molar-refractivity contribution is -0.152. The van der Waals surface area contributed by atoms with Crippen LogP contribution < -0.4 is 0 Å². The fraction of sp³-hybridized carbons (Fsp3) is 0.581. The molecule has 0 aromatic rings. The SMILES string of the molecule is CC/C=C\C/C=C\C/C=C\CCCCCCCC(=O)OC[C@H](O)COC(=O)CC/C=C\C/C=C\C/C=C\C/C=C\C/C=C\CCCCC. The van der Waals surface area contributed by atoms with Gasteiger partial charge in [0, 0.05) is 12.8 Å². The monoisotopic (exact) mass is 665 g/mol. The number of aliphatic hydroxyl groups excluding tert-OH is 1. The zero-order valence-electron chi connectivity index (χ0n) is 30.5. The van der Waals surface area contributed by atoms with Gasteiger partial charge in [-0.15, -0.1) is 0 Å². The second-order valence-corrected chi connectivity index (χ2v) is 12.0. The van der Waals surface area contributed by atoms with Gasteiger partial charge in [0.25, 0.3) is 0 Å². The first kappa shape index (κ1) is 44.8. The molecule has 0 aliphatic carbocycles. The van der Waals surface area contributed by atoms with Crippen molar-refractivity contribution in [2.75, 3.05) is 13.2 Å². The largest absolute Gasteiger partial charge is 0.463 e. The van der Waals surface area contributed by atoms with Gasteiger partial charge in [0.05, 0.1) is 0 Å². The number of carbonyl (C=O) groups excluding carboxylic acids is 2. The molecule has 0 amide bonds. The third-order valence-corrected chi connectivity index (χ3v) is 7.32. The van der Waals surface area contributed by atoms with Gasteiger partial charge in [-0.2, -0.15) is 0 Å². The Kier molecular flexibility index (Phi) is 35.7. The molecule has 270 valence electrons. The zero-order valence-corrected chi connectivity index (χ0v) is 30.5. The number of hydrogen-bond acceptors (Lipinski definition) is 5. The van der Waals surface area contributed by atoms with Gasteiger partial charge < -0.3 is 14.6 Å². The van der Waals surface area contributed by atoms with Crippen molar-refractivity contribution in [2.24, 2.45) is 0 Å². The highest BCUT2D eigenvalue weighted by molar-refractivity contribution is 5.70. The molecule has 48 heavy (non-hydrogen) atoms. The van der Waals surface area contributed by atoms with E-state index in [2.05, 4.69) is 98.9 Å². The Hall–Kier alpha value is -3.18. The number of allylic oxidation sites excluding steroid dienone is 16. The molecule has 0 radical (unpaired) electrons. The lowest BCUT2D eigenvalue weighted by Crippen LogP contribution is -2.25. The molecule has 0 rings (SSSR count). The van der Waals surface area contributed by atoms with Gasteiger partial charge in [-0.3, -0.25) is 9.59 Å². The number of rotatable bonds is 32. The van der Waals surface area contributed by atoms with E-state index >= 15 is 0 Å². The lowest BCUT2D eigenvalue weighted by atomic mass is 10.1. The topological polar surface area (TPSA) is 72.8 Å². The molecule has 0 spiro atoms. The second kappa shape index (κ2) is 38.3. The third kappa shape index (κ3) is 37.3. The van der Waals surface area contributed by atoms with Crippen molar-refractivity contribution in [3.8, 4) is 0 Å². The maximum atomic E-state index is 11.9. The number of ether oxygens (including phenoxy) is 2. The predicted molar refractivity (Wildman–Crippen MR) is 205 cm³/mol. The molecular weight excluding hydrogens is 596 g/mol. The van der Waals surface area contributed by atoms with E-state index in [1.165, 1.54) is 25.7 Å². The average Bonchev–Trinajstić information content (AvgIpc) is 3.09. The van der Waals surface area contributed by atoms with Crippen LogP contribution in [0.4, 0.5) is 0 Å². The molecule has 0 saturated heterocycles. The third-order valence-electron chi connectivity index (χ3n) is 7.32. The van der Waals surface area contributed by atoms with Crippen molar-refractivity contribution in [3.63, 3.8) is 0 Å². The first-order valence-corrected chi connectivity index (χ1v) is 18.8. The Morgan fingerprint density at radius 3 is 1.31 bits per heavy atom. The van der Waals surface area contributed by atoms with Crippen LogP contribution in [-0.2, 0) is 19.1 Å². The maximum Gasteiger partial charge on any atom is 0.306 e. The first-order chi connectivity index (χ1) is 23.6. The summed E-state index contributed by atoms with van der Waals surface area (Å²) < 4.78 is 10.2. The van der Waals surface area contributed by atoms with Crippen molar-refractivity contribution in [1.29, 1.82) is 0 Å². The maximum absolute atomic E-state index is 11.9. The fourth-order valence-electron chi connectivity index (χ4n) is 4.49. The Morgan fingerprint density at radius 2 is 0.833 bits per heavy atom. The van der Waals surface area contributed by atoms with Crippen LogP contribution in [0.15, 0.2) is 97.2 Å². The first-order valence-electron chi connectivity index (χ1n) is 18.8. The molecule has 0 aromatic carbocycles. The molecular formula is C43H68O5. The lowest BCUT2D eigenvalue weighted by Gasteiger charge is -2.12. The molecule has 0 fully saturated rings. The summed E-state index contributed by atoms with van der Waals surface area (Å²) in [6, 6.07) is 0. The Bertz CT molecular complexity index is 979. The molecule has 1 atom stereocenters. The number of unbranched alkanes of at least 4 members (excludes halogenated alkanes) is 8. The highest BCUT2D eigenvalue weighted by Crippen LogP contribution is 2.09. The summed E-state index contributed by atoms with van der Waals surface area (Å²) in [6.45, 7) is 4.05. The van der Waals surface area contributed by atoms with E-state index in [9.17, 15) is 14.7 Å². The summed E-state index contributed by atoms with van der Waals surface area (Å²) in [5, 5.41) is 9.99. The standard InChI is InChI=1S/C43H68O5/c1-3-5-7-9-11-13-15-17-19-20-21-22-24-26-28-30-32-34-36-38-43(46)48-40-41(44)39-47-42(45)37-35-33-31-29-27-25-23-18-16-14-12-10-8-6-4-2/h6,8,11-14,17-19,21-23,26,28,32,34,41,44H,3-5,7,9-10,15-16,20,24-25,27,29-31,33,35-40H2,1-2H3/b8-6-,13-11-,14-12-,19-17-,22-21-,23-18-,28-26-,34-32-/t41-/m0/s1. The molecule has 1 N–H and O–H groups in total. The van der Waals surface area contributed by atoms with Crippen LogP contribution in [0.2, 0.25) is 0 Å². The van der Waals surface area contributed by atoms with Crippen molar-refractivity contribution in [1.82, 2.24) is 0 Å². The summed E-state index contributed by atoms with van der Waals surface area (Å²) in [5.74, 6) is -0.689. The van der Waals surface area contributed by atoms with Crippen LogP contribution in [0.5, 0.6) is 0 Å². The average molecular weight is 665 g/mol. The van der Waals surface area contributed by atoms with E-state index in [0.717, 1.165) is 83.5 Å². The van der Waals surface area contributed by atoms with Crippen molar-refractivity contribution < 1.29 is 24.2 Å². The van der Waals surface area contributed by atoms with Crippen LogP contribution in [0.1, 0.15) is 142 Å². The molecule has 0 heterocycles. The normalized spacial score (nSPS) is 13.3. The number of aliphatic hydroxyl groups is 1. The summed E-state index contributed by atoms with van der Waals surface area (Å²) >= 11 is 0. The van der Waals surface area contributed by atoms with Crippen molar-refractivity contribution in [3.05, 3.63) is 97.2 Å². The van der Waals surface area contributed by atoms with Gasteiger partial charge in [0.2, 0.25) is 0 Å². The Labute approximate surface area is 294 Å². The molecule has 0 bridgehead atoms. The number of hydrogen-bond donors (Lipinski definition) is 1. The van der Waals surface area contributed by atoms with Crippen LogP contribution in [-0.4, -0.2) is 36.4 Å². The summed E-state index contributed by atoms with van der Waals surface area (Å²) in [4.78, 5) is 23.9. The minimum Gasteiger partial charge on any atom is -0.463 e. The Balaban J connectivity index is 3.64. The second-order valence-electron chi connectivity index (χ2n) is 12.0. The molecule has 5 nitrogen and oxygen atoms in total. The van der Waals surface area contributed by atoms with E-state index in [-0.39, 0.29) is 31.6 Å². The van der Waals surface area contributed by atoms with E-state index in [4.69, 9.17) is 9.47 Å². The zero-order chi connectivity index (χ0) is 35.0. The summed E-state index contributed by atoms with van der Waals surface area (Å²) in [7, 11) is 0. The molecule has 0 aliphatic heterocycles. The van der Waals surface area contributed by atoms with Gasteiger partial charge in [-0.1, -0.05) is 143 Å². The smallest absolute Gasteiger partial charge is 0.306 e. The minimum atomic E-state index is -1.01. The quantitative estimate of drug-likeness (QED) is 0.0440. The van der Waals surface area contributed by atoms with Crippen LogP contribution in [0, 0.1) is 0 Å². The molecule has 0 unspecified atom stereocenters. The van der Waals surface area contributed by atoms with Gasteiger partial charge in [-0.05, 0) is 83.5 Å². The Morgan fingerprint density at radius 1 is 0.458 bits per heavy atom. The van der Waals surface area contributed by atoms with E-state index in [0.29, 0.717) is 12.8 Å². The number of esters is 2. The van der Waals surface area contributed by atoms with E-state index < -0.39 is 6.10 Å². The fourth-order valence-corrected chi connectivity index (χ4v) is 4.49. The van der Waals surface area contributed by atoms with Crippen LogP contribution in [0.3, 0.4) is 0 Å². The number of carbonyl (C=O) groups is 2. The van der Waals surface area contributed by atoms with E-state index in [1.54, 1.807) is 0 Å². The van der Waals surface area contributed by atoms with Gasteiger partial charge in [0.15, 0.2) is 0 Å². The van der Waals surface area contributed by atoms with Crippen LogP contribution in [0.25, 0.3) is 0 Å². The highest BCUT2D eigenvalue weighted by Gasteiger charge is 2.11. The summed E-state index contributed by atoms with van der Waals surface area (Å²) in [5.41, 5.74) is 0. The molecule has 0 aliphatic rings. The van der Waals surface area contributed by atoms with Gasteiger partial charge in [0.1, 0.15) is 19.3 Å².